The molecule has 0 N–H and O–H groups in total. The summed E-state index contributed by atoms with van der Waals surface area (Å²) in [4.78, 5) is 29.1. The molecule has 1 atom stereocenters. The Balaban J connectivity index is 1.95. The third-order valence-electron chi connectivity index (χ3n) is 4.14. The van der Waals surface area contributed by atoms with Gasteiger partial charge in [-0.15, -0.1) is 0 Å². The summed E-state index contributed by atoms with van der Waals surface area (Å²) in [5.41, 5.74) is 1.35. The van der Waals surface area contributed by atoms with Crippen molar-refractivity contribution in [3.05, 3.63) is 78.1 Å². The molecule has 25 heavy (non-hydrogen) atoms. The van der Waals surface area contributed by atoms with Gasteiger partial charge in [0, 0.05) is 18.0 Å². The number of fused-ring (bicyclic) bond motifs is 1. The number of benzene rings is 2. The van der Waals surface area contributed by atoms with Crippen LogP contribution < -0.4 is 0 Å². The molecule has 0 bridgehead atoms. The quantitative estimate of drug-likeness (QED) is 0.502. The normalized spacial score (nSPS) is 11.9. The molecule has 0 saturated heterocycles. The van der Waals surface area contributed by atoms with E-state index < -0.39 is 5.92 Å². The Kier molecular flexibility index (Phi) is 5.19. The Morgan fingerprint density at radius 2 is 1.72 bits per heavy atom. The van der Waals surface area contributed by atoms with Gasteiger partial charge in [-0.25, -0.2) is 0 Å². The highest BCUT2D eigenvalue weighted by atomic mass is 16.5. The number of carbonyl (C=O) groups excluding carboxylic acids is 2. The lowest BCUT2D eigenvalue weighted by molar-refractivity contribution is -0.143. The van der Waals surface area contributed by atoms with E-state index in [1.165, 1.54) is 0 Å². The van der Waals surface area contributed by atoms with Crippen LogP contribution in [0.25, 0.3) is 10.8 Å². The Morgan fingerprint density at radius 1 is 1.00 bits per heavy atom. The van der Waals surface area contributed by atoms with E-state index in [-0.39, 0.29) is 18.2 Å². The third-order valence-corrected chi connectivity index (χ3v) is 4.14. The number of rotatable bonds is 6. The third kappa shape index (κ3) is 3.91. The average molecular weight is 333 g/mol. The van der Waals surface area contributed by atoms with E-state index in [2.05, 4.69) is 4.98 Å². The Bertz CT molecular complexity index is 890. The van der Waals surface area contributed by atoms with Crippen molar-refractivity contribution < 1.29 is 14.3 Å². The largest absolute Gasteiger partial charge is 0.466 e. The van der Waals surface area contributed by atoms with Crippen LogP contribution in [0.1, 0.15) is 35.2 Å². The van der Waals surface area contributed by atoms with Crippen molar-refractivity contribution in [3.63, 3.8) is 0 Å². The van der Waals surface area contributed by atoms with Gasteiger partial charge in [-0.1, -0.05) is 36.4 Å². The van der Waals surface area contributed by atoms with Gasteiger partial charge in [-0.3, -0.25) is 14.6 Å². The van der Waals surface area contributed by atoms with Gasteiger partial charge in [-0.05, 0) is 41.5 Å². The van der Waals surface area contributed by atoms with E-state index in [1.807, 2.05) is 42.5 Å². The van der Waals surface area contributed by atoms with E-state index in [1.54, 1.807) is 31.5 Å². The zero-order chi connectivity index (χ0) is 17.6. The molecule has 4 nitrogen and oxygen atoms in total. The van der Waals surface area contributed by atoms with Crippen molar-refractivity contribution in [2.75, 3.05) is 6.61 Å². The number of carbonyl (C=O) groups is 2. The summed E-state index contributed by atoms with van der Waals surface area (Å²) in [6, 6.07) is 17.0. The fourth-order valence-corrected chi connectivity index (χ4v) is 2.89. The monoisotopic (exact) mass is 333 g/mol. The summed E-state index contributed by atoms with van der Waals surface area (Å²) in [5, 5.41) is 2.07. The van der Waals surface area contributed by atoms with Gasteiger partial charge in [0.1, 0.15) is 0 Å². The van der Waals surface area contributed by atoms with E-state index in [9.17, 15) is 9.59 Å². The first-order valence-electron chi connectivity index (χ1n) is 8.27. The van der Waals surface area contributed by atoms with Crippen molar-refractivity contribution >= 4 is 22.5 Å². The summed E-state index contributed by atoms with van der Waals surface area (Å²) in [6.45, 7) is 2.05. The van der Waals surface area contributed by atoms with Crippen LogP contribution in [-0.2, 0) is 9.53 Å². The molecule has 1 heterocycles. The molecule has 3 aromatic rings. The number of hydrogen-bond acceptors (Lipinski definition) is 4. The fourth-order valence-electron chi connectivity index (χ4n) is 2.89. The van der Waals surface area contributed by atoms with Gasteiger partial charge in [0.05, 0.1) is 18.9 Å². The second kappa shape index (κ2) is 7.71. The van der Waals surface area contributed by atoms with Crippen LogP contribution in [0.4, 0.5) is 0 Å². The van der Waals surface area contributed by atoms with Gasteiger partial charge in [-0.2, -0.15) is 0 Å². The summed E-state index contributed by atoms with van der Waals surface area (Å²) in [7, 11) is 0. The Hall–Kier alpha value is -3.01. The van der Waals surface area contributed by atoms with E-state index in [0.29, 0.717) is 12.2 Å². The molecule has 0 spiro atoms. The van der Waals surface area contributed by atoms with E-state index in [4.69, 9.17) is 4.74 Å². The number of ketones is 1. The minimum Gasteiger partial charge on any atom is -0.466 e. The van der Waals surface area contributed by atoms with Gasteiger partial charge in [0.2, 0.25) is 0 Å². The summed E-state index contributed by atoms with van der Waals surface area (Å²) in [5.74, 6) is -1.05. The highest BCUT2D eigenvalue weighted by Crippen LogP contribution is 2.26. The second-order valence-electron chi connectivity index (χ2n) is 5.77. The van der Waals surface area contributed by atoms with Crippen LogP contribution >= 0.6 is 0 Å². The molecule has 0 amide bonds. The Morgan fingerprint density at radius 3 is 2.44 bits per heavy atom. The van der Waals surface area contributed by atoms with E-state index >= 15 is 0 Å². The maximum Gasteiger partial charge on any atom is 0.306 e. The molecule has 0 saturated carbocycles. The maximum absolute atomic E-state index is 13.1. The summed E-state index contributed by atoms with van der Waals surface area (Å²) < 4.78 is 5.04. The number of aromatic nitrogens is 1. The molecule has 0 radical (unpaired) electrons. The van der Waals surface area contributed by atoms with Gasteiger partial charge in [0.25, 0.3) is 0 Å². The highest BCUT2D eigenvalue weighted by molar-refractivity contribution is 6.05. The van der Waals surface area contributed by atoms with Crippen LogP contribution in [0, 0.1) is 0 Å². The average Bonchev–Trinajstić information content (AvgIpc) is 2.66. The number of Topliss-reactive ketones (excluding diaryl/α,β-unsaturated/α-hetero) is 1. The van der Waals surface area contributed by atoms with Crippen molar-refractivity contribution in [2.45, 2.75) is 19.3 Å². The number of pyridine rings is 1. The molecule has 126 valence electrons. The molecule has 0 aliphatic carbocycles. The zero-order valence-electron chi connectivity index (χ0n) is 14.0. The van der Waals surface area contributed by atoms with Gasteiger partial charge >= 0.3 is 5.97 Å². The van der Waals surface area contributed by atoms with Crippen molar-refractivity contribution in [1.82, 2.24) is 4.98 Å². The molecule has 0 aliphatic rings. The minimum atomic E-state index is -0.580. The van der Waals surface area contributed by atoms with Gasteiger partial charge < -0.3 is 4.74 Å². The molecule has 4 heteroatoms. The van der Waals surface area contributed by atoms with Crippen molar-refractivity contribution in [3.8, 4) is 0 Å². The molecular formula is C21H19NO3. The number of ether oxygens (including phenoxy) is 1. The van der Waals surface area contributed by atoms with Crippen LogP contribution in [0.2, 0.25) is 0 Å². The molecule has 0 aliphatic heterocycles. The molecular weight excluding hydrogens is 314 g/mol. The molecule has 0 unspecified atom stereocenters. The lowest BCUT2D eigenvalue weighted by Crippen LogP contribution is -2.18. The van der Waals surface area contributed by atoms with Crippen molar-refractivity contribution in [2.24, 2.45) is 0 Å². The lowest BCUT2D eigenvalue weighted by atomic mass is 9.88. The molecule has 0 fully saturated rings. The Labute approximate surface area is 146 Å². The van der Waals surface area contributed by atoms with Crippen LogP contribution in [0.3, 0.4) is 0 Å². The maximum atomic E-state index is 13.1. The first-order chi connectivity index (χ1) is 12.2. The van der Waals surface area contributed by atoms with Crippen LogP contribution in [-0.4, -0.2) is 23.3 Å². The molecule has 3 rings (SSSR count). The predicted octanol–water partition coefficient (Wildman–Crippen LogP) is 4.15. The summed E-state index contributed by atoms with van der Waals surface area (Å²) >= 11 is 0. The van der Waals surface area contributed by atoms with Crippen LogP contribution in [0.5, 0.6) is 0 Å². The fraction of sp³-hybridized carbons (Fsp3) is 0.190. The number of esters is 1. The first kappa shape index (κ1) is 16.8. The van der Waals surface area contributed by atoms with E-state index in [0.717, 1.165) is 16.3 Å². The minimum absolute atomic E-state index is 0.0174. The zero-order valence-corrected chi connectivity index (χ0v) is 14.0. The number of hydrogen-bond donors (Lipinski definition) is 0. The lowest BCUT2D eigenvalue weighted by Gasteiger charge is -2.16. The smallest absolute Gasteiger partial charge is 0.306 e. The highest BCUT2D eigenvalue weighted by Gasteiger charge is 2.25. The second-order valence-corrected chi connectivity index (χ2v) is 5.77. The molecule has 2 aromatic carbocycles. The predicted molar refractivity (Wildman–Crippen MR) is 96.5 cm³/mol. The number of nitrogens with zero attached hydrogens (tertiary/aromatic N) is 1. The van der Waals surface area contributed by atoms with Crippen molar-refractivity contribution in [1.29, 1.82) is 0 Å². The van der Waals surface area contributed by atoms with Crippen LogP contribution in [0.15, 0.2) is 67.0 Å². The first-order valence-corrected chi connectivity index (χ1v) is 8.27. The summed E-state index contributed by atoms with van der Waals surface area (Å²) in [6.07, 6.45) is 3.27. The SMILES string of the molecule is CCOC(=O)C[C@H](C(=O)c1ccc2ccccc2c1)c1ccncc1. The topological polar surface area (TPSA) is 56.3 Å². The molecule has 1 aromatic heterocycles. The standard InChI is InChI=1S/C21H19NO3/c1-2-25-20(23)14-19(16-9-11-22-12-10-16)21(24)18-8-7-15-5-3-4-6-17(15)13-18/h3-13,19H,2,14H2,1H3/t19-/m0/s1. The van der Waals surface area contributed by atoms with Gasteiger partial charge in [0.15, 0.2) is 5.78 Å².